The number of thioether (sulfide) groups is 2. The zero-order valence-electron chi connectivity index (χ0n) is 14.7. The average Bonchev–Trinajstić information content (AvgIpc) is 3.15. The monoisotopic (exact) mass is 414 g/mol. The Morgan fingerprint density at radius 3 is 2.52 bits per heavy atom. The lowest BCUT2D eigenvalue weighted by molar-refractivity contribution is -0.118. The first kappa shape index (κ1) is 19.6. The van der Waals surface area contributed by atoms with Crippen LogP contribution in [0.15, 0.2) is 68.4 Å². The van der Waals surface area contributed by atoms with Crippen molar-refractivity contribution < 1.29 is 4.79 Å². The summed E-state index contributed by atoms with van der Waals surface area (Å²) >= 11 is 4.52. The van der Waals surface area contributed by atoms with E-state index >= 15 is 0 Å². The number of nitrogens with zero attached hydrogens (tertiary/aromatic N) is 3. The van der Waals surface area contributed by atoms with Gasteiger partial charge in [-0.3, -0.25) is 4.79 Å². The van der Waals surface area contributed by atoms with Crippen LogP contribution < -0.4 is 5.43 Å². The SMILES string of the molecule is Cc1ccc(CSc2nnc(SCC(=O)NN=Cc3ccccc3)s2)cc1. The maximum absolute atomic E-state index is 11.9. The van der Waals surface area contributed by atoms with Gasteiger partial charge in [0.15, 0.2) is 8.68 Å². The van der Waals surface area contributed by atoms with E-state index < -0.39 is 0 Å². The molecule has 0 aliphatic heterocycles. The molecule has 1 heterocycles. The molecule has 1 aromatic heterocycles. The van der Waals surface area contributed by atoms with Gasteiger partial charge in [0, 0.05) is 5.75 Å². The van der Waals surface area contributed by atoms with E-state index in [1.165, 1.54) is 34.2 Å². The lowest BCUT2D eigenvalue weighted by Crippen LogP contribution is -2.19. The van der Waals surface area contributed by atoms with Crippen molar-refractivity contribution in [3.63, 3.8) is 0 Å². The van der Waals surface area contributed by atoms with Crippen LogP contribution in [0.4, 0.5) is 0 Å². The third-order valence-electron chi connectivity index (χ3n) is 3.40. The molecular weight excluding hydrogens is 396 g/mol. The van der Waals surface area contributed by atoms with Gasteiger partial charge in [-0.15, -0.1) is 10.2 Å². The molecule has 5 nitrogen and oxygen atoms in total. The normalized spacial score (nSPS) is 11.0. The van der Waals surface area contributed by atoms with Crippen molar-refractivity contribution in [1.82, 2.24) is 15.6 Å². The lowest BCUT2D eigenvalue weighted by Gasteiger charge is -1.99. The standard InChI is InChI=1S/C19H18N4OS3/c1-14-7-9-16(10-8-14)12-25-18-22-23-19(27-18)26-13-17(24)21-20-11-15-5-3-2-4-6-15/h2-11H,12-13H2,1H3,(H,21,24). The summed E-state index contributed by atoms with van der Waals surface area (Å²) in [4.78, 5) is 11.9. The van der Waals surface area contributed by atoms with Crippen LogP contribution in [0.5, 0.6) is 0 Å². The maximum Gasteiger partial charge on any atom is 0.250 e. The molecule has 0 aliphatic rings. The second kappa shape index (κ2) is 10.2. The van der Waals surface area contributed by atoms with Crippen LogP contribution in [0.2, 0.25) is 0 Å². The molecule has 0 aliphatic carbocycles. The van der Waals surface area contributed by atoms with Crippen LogP contribution in [-0.2, 0) is 10.5 Å². The van der Waals surface area contributed by atoms with Gasteiger partial charge < -0.3 is 0 Å². The van der Waals surface area contributed by atoms with Crippen molar-refractivity contribution in [2.24, 2.45) is 5.10 Å². The molecule has 138 valence electrons. The van der Waals surface area contributed by atoms with E-state index in [9.17, 15) is 4.79 Å². The first-order valence-electron chi connectivity index (χ1n) is 8.20. The lowest BCUT2D eigenvalue weighted by atomic mass is 10.2. The highest BCUT2D eigenvalue weighted by atomic mass is 32.2. The van der Waals surface area contributed by atoms with Crippen LogP contribution in [-0.4, -0.2) is 28.1 Å². The molecule has 0 radical (unpaired) electrons. The molecule has 2 aromatic carbocycles. The first-order chi connectivity index (χ1) is 13.2. The fourth-order valence-corrected chi connectivity index (χ4v) is 4.79. The van der Waals surface area contributed by atoms with Gasteiger partial charge in [-0.25, -0.2) is 5.43 Å². The summed E-state index contributed by atoms with van der Waals surface area (Å²) < 4.78 is 1.68. The number of hydrazone groups is 1. The number of hydrogen-bond acceptors (Lipinski definition) is 7. The highest BCUT2D eigenvalue weighted by molar-refractivity contribution is 8.03. The fourth-order valence-electron chi connectivity index (χ4n) is 2.02. The second-order valence-corrected chi connectivity index (χ2v) is 9.02. The van der Waals surface area contributed by atoms with E-state index in [2.05, 4.69) is 51.9 Å². The van der Waals surface area contributed by atoms with E-state index in [0.29, 0.717) is 0 Å². The van der Waals surface area contributed by atoms with Gasteiger partial charge in [-0.05, 0) is 18.1 Å². The smallest absolute Gasteiger partial charge is 0.250 e. The van der Waals surface area contributed by atoms with Crippen molar-refractivity contribution in [2.75, 3.05) is 5.75 Å². The fraction of sp³-hybridized carbons (Fsp3) is 0.158. The molecule has 0 unspecified atom stereocenters. The maximum atomic E-state index is 11.9. The van der Waals surface area contributed by atoms with E-state index in [1.807, 2.05) is 30.3 Å². The summed E-state index contributed by atoms with van der Waals surface area (Å²) in [7, 11) is 0. The van der Waals surface area contributed by atoms with E-state index in [1.54, 1.807) is 18.0 Å². The molecule has 0 atom stereocenters. The van der Waals surface area contributed by atoms with Gasteiger partial charge in [0.2, 0.25) is 0 Å². The Labute approximate surface area is 170 Å². The Morgan fingerprint density at radius 2 is 1.78 bits per heavy atom. The largest absolute Gasteiger partial charge is 0.272 e. The third-order valence-corrected chi connectivity index (χ3v) is 6.66. The number of nitrogens with one attached hydrogen (secondary N) is 1. The Kier molecular flexibility index (Phi) is 7.44. The van der Waals surface area contributed by atoms with Crippen molar-refractivity contribution in [3.8, 4) is 0 Å². The number of rotatable bonds is 8. The van der Waals surface area contributed by atoms with Crippen LogP contribution in [0, 0.1) is 6.92 Å². The first-order valence-corrected chi connectivity index (χ1v) is 11.0. The van der Waals surface area contributed by atoms with Crippen LogP contribution in [0.25, 0.3) is 0 Å². The Hall–Kier alpha value is -2.16. The topological polar surface area (TPSA) is 67.2 Å². The zero-order chi connectivity index (χ0) is 18.9. The number of carbonyl (C=O) groups is 1. The molecule has 3 aromatic rings. The summed E-state index contributed by atoms with van der Waals surface area (Å²) in [6, 6.07) is 18.1. The second-order valence-electron chi connectivity index (χ2n) is 5.60. The van der Waals surface area contributed by atoms with Gasteiger partial charge in [0.25, 0.3) is 5.91 Å². The van der Waals surface area contributed by atoms with Crippen molar-refractivity contribution in [3.05, 3.63) is 71.3 Å². The number of aromatic nitrogens is 2. The molecule has 1 amide bonds. The molecule has 0 spiro atoms. The molecular formula is C19H18N4OS3. The number of aryl methyl sites for hydroxylation is 1. The van der Waals surface area contributed by atoms with Crippen molar-refractivity contribution in [2.45, 2.75) is 21.4 Å². The van der Waals surface area contributed by atoms with Crippen LogP contribution >= 0.6 is 34.9 Å². The average molecular weight is 415 g/mol. The third kappa shape index (κ3) is 6.82. The van der Waals surface area contributed by atoms with E-state index in [0.717, 1.165) is 20.0 Å². The predicted molar refractivity (Wildman–Crippen MR) is 114 cm³/mol. The molecule has 1 N–H and O–H groups in total. The highest BCUT2D eigenvalue weighted by Gasteiger charge is 2.08. The minimum absolute atomic E-state index is 0.170. The Morgan fingerprint density at radius 1 is 1.07 bits per heavy atom. The van der Waals surface area contributed by atoms with Gasteiger partial charge in [-0.1, -0.05) is 95.0 Å². The van der Waals surface area contributed by atoms with Gasteiger partial charge in [-0.2, -0.15) is 5.10 Å². The molecule has 0 fully saturated rings. The summed E-state index contributed by atoms with van der Waals surface area (Å²) in [6.07, 6.45) is 1.62. The van der Waals surface area contributed by atoms with Gasteiger partial charge in [0.05, 0.1) is 12.0 Å². The van der Waals surface area contributed by atoms with Crippen LogP contribution in [0.3, 0.4) is 0 Å². The highest BCUT2D eigenvalue weighted by Crippen LogP contribution is 2.30. The van der Waals surface area contributed by atoms with Gasteiger partial charge >= 0.3 is 0 Å². The van der Waals surface area contributed by atoms with Crippen molar-refractivity contribution >= 4 is 47.0 Å². The molecule has 27 heavy (non-hydrogen) atoms. The quantitative estimate of drug-likeness (QED) is 0.337. The molecule has 0 bridgehead atoms. The summed E-state index contributed by atoms with van der Waals surface area (Å²) in [5.74, 6) is 0.939. The van der Waals surface area contributed by atoms with Crippen LogP contribution in [0.1, 0.15) is 16.7 Å². The summed E-state index contributed by atoms with van der Waals surface area (Å²) in [6.45, 7) is 2.08. The minimum atomic E-state index is -0.170. The molecule has 8 heteroatoms. The Balaban J connectivity index is 1.40. The molecule has 3 rings (SSSR count). The zero-order valence-corrected chi connectivity index (χ0v) is 17.1. The van der Waals surface area contributed by atoms with Gasteiger partial charge in [0.1, 0.15) is 0 Å². The predicted octanol–water partition coefficient (Wildman–Crippen LogP) is 4.38. The summed E-state index contributed by atoms with van der Waals surface area (Å²) in [5, 5.41) is 12.3. The van der Waals surface area contributed by atoms with Crippen molar-refractivity contribution in [1.29, 1.82) is 0 Å². The van der Waals surface area contributed by atoms with E-state index in [4.69, 9.17) is 0 Å². The minimum Gasteiger partial charge on any atom is -0.272 e. The number of amides is 1. The van der Waals surface area contributed by atoms with E-state index in [-0.39, 0.29) is 11.7 Å². The molecule has 0 saturated heterocycles. The number of hydrogen-bond donors (Lipinski definition) is 1. The molecule has 0 saturated carbocycles. The number of carbonyl (C=O) groups excluding carboxylic acids is 1. The Bertz CT molecular complexity index is 895. The number of benzene rings is 2. The summed E-state index contributed by atoms with van der Waals surface area (Å²) in [5.41, 5.74) is 5.96.